The van der Waals surface area contributed by atoms with Crippen LogP contribution in [0, 0.1) is 12.7 Å². The van der Waals surface area contributed by atoms with Gasteiger partial charge in [0.15, 0.2) is 0 Å². The van der Waals surface area contributed by atoms with E-state index < -0.39 is 53.3 Å². The number of carbonyl (C=O) groups excluding carboxylic acids is 3. The van der Waals surface area contributed by atoms with Gasteiger partial charge in [-0.05, 0) is 31.9 Å². The smallest absolute Gasteiger partial charge is 0.340 e. The van der Waals surface area contributed by atoms with Crippen LogP contribution in [0.1, 0.15) is 197 Å². The van der Waals surface area contributed by atoms with Gasteiger partial charge in [-0.2, -0.15) is 8.96 Å². The van der Waals surface area contributed by atoms with E-state index in [-0.39, 0.29) is 36.0 Å². The molecule has 11 heteroatoms. The first-order chi connectivity index (χ1) is 27.2. The van der Waals surface area contributed by atoms with Crippen LogP contribution in [0.3, 0.4) is 0 Å². The Labute approximate surface area is 333 Å². The molecule has 1 aliphatic rings. The number of unbranched alkanes of at least 4 members (excludes halogenated alkanes) is 20. The minimum Gasteiger partial charge on any atom is -0.463 e. The highest BCUT2D eigenvalue weighted by Crippen LogP contribution is 2.31. The fourth-order valence-corrected chi connectivity index (χ4v) is 7.24. The van der Waals surface area contributed by atoms with Crippen LogP contribution in [-0.2, 0) is 23.8 Å². The highest BCUT2D eigenvalue weighted by Gasteiger charge is 2.41. The van der Waals surface area contributed by atoms with Gasteiger partial charge in [0.2, 0.25) is 5.82 Å². The van der Waals surface area contributed by atoms with E-state index >= 15 is 4.39 Å². The van der Waals surface area contributed by atoms with E-state index in [1.54, 1.807) is 12.1 Å². The predicted octanol–water partition coefficient (Wildman–Crippen LogP) is 10.3. The Morgan fingerprint density at radius 1 is 0.696 bits per heavy atom. The van der Waals surface area contributed by atoms with Gasteiger partial charge in [0.25, 0.3) is 11.5 Å². The fourth-order valence-electron chi connectivity index (χ4n) is 7.24. The van der Waals surface area contributed by atoms with E-state index in [9.17, 15) is 24.0 Å². The van der Waals surface area contributed by atoms with E-state index in [0.717, 1.165) is 48.7 Å². The molecule has 1 aromatic carbocycles. The Morgan fingerprint density at radius 3 is 1.66 bits per heavy atom. The van der Waals surface area contributed by atoms with Gasteiger partial charge in [0.05, 0.1) is 6.20 Å². The van der Waals surface area contributed by atoms with Crippen molar-refractivity contribution in [2.24, 2.45) is 0 Å². The number of aromatic nitrogens is 2. The lowest BCUT2D eigenvalue weighted by atomic mass is 10.1. The summed E-state index contributed by atoms with van der Waals surface area (Å²) in [5.74, 6) is -3.14. The summed E-state index contributed by atoms with van der Waals surface area (Å²) in [6.07, 6.45) is 23.4. The zero-order valence-electron chi connectivity index (χ0n) is 34.5. The molecule has 1 aromatic heterocycles. The highest BCUT2D eigenvalue weighted by atomic mass is 19.1. The van der Waals surface area contributed by atoms with Crippen LogP contribution in [0.5, 0.6) is 0 Å². The highest BCUT2D eigenvalue weighted by molar-refractivity contribution is 5.95. The lowest BCUT2D eigenvalue weighted by molar-refractivity contribution is -0.158. The van der Waals surface area contributed by atoms with E-state index in [1.165, 1.54) is 102 Å². The van der Waals surface area contributed by atoms with Gasteiger partial charge in [-0.25, -0.2) is 4.79 Å². The van der Waals surface area contributed by atoms with E-state index in [0.29, 0.717) is 19.0 Å². The first-order valence-corrected chi connectivity index (χ1v) is 21.8. The third-order valence-electron chi connectivity index (χ3n) is 10.7. The summed E-state index contributed by atoms with van der Waals surface area (Å²) in [4.78, 5) is 65.3. The lowest BCUT2D eigenvalue weighted by Gasteiger charge is -2.19. The number of hydrogen-bond donors (Lipinski definition) is 0. The second kappa shape index (κ2) is 27.1. The predicted molar refractivity (Wildman–Crippen MR) is 217 cm³/mol. The number of benzene rings is 1. The Hall–Kier alpha value is -3.60. The van der Waals surface area contributed by atoms with Crippen molar-refractivity contribution in [3.63, 3.8) is 0 Å². The van der Waals surface area contributed by atoms with Crippen molar-refractivity contribution < 1.29 is 33.0 Å². The molecule has 314 valence electrons. The summed E-state index contributed by atoms with van der Waals surface area (Å²) >= 11 is 0. The summed E-state index contributed by atoms with van der Waals surface area (Å²) < 4.78 is 33.6. The molecule has 0 radical (unpaired) electrons. The standard InChI is InChI=1S/C45H69FN2O8/c1-4-6-8-10-12-14-16-18-20-22-24-26-41(49)54-34-39-38(56-42(50)27-25-23-21-19-17-15-13-11-9-7-5-2)32-40(55-39)47-33-37(46)44(52)48(45(47)53)43(51)36-30-28-35(3)29-31-36/h28-31,33,38-40H,4-27,32,34H2,1-3H3/t38-,39+,40+/m0/s1. The molecule has 2 aromatic rings. The molecule has 0 bridgehead atoms. The van der Waals surface area contributed by atoms with Gasteiger partial charge >= 0.3 is 17.6 Å². The summed E-state index contributed by atoms with van der Waals surface area (Å²) in [6, 6.07) is 6.21. The molecule has 0 saturated carbocycles. The van der Waals surface area contributed by atoms with Crippen molar-refractivity contribution in [2.75, 3.05) is 6.61 Å². The molecule has 1 fully saturated rings. The second-order valence-electron chi connectivity index (χ2n) is 15.6. The lowest BCUT2D eigenvalue weighted by Crippen LogP contribution is -2.46. The van der Waals surface area contributed by atoms with Crippen molar-refractivity contribution >= 4 is 17.8 Å². The maximum Gasteiger partial charge on any atom is 0.340 e. The normalized spacial score (nSPS) is 16.6. The number of rotatable bonds is 29. The number of esters is 2. The first kappa shape index (κ1) is 46.8. The molecule has 1 aliphatic heterocycles. The molecule has 0 unspecified atom stereocenters. The minimum absolute atomic E-state index is 0.0381. The zero-order valence-corrected chi connectivity index (χ0v) is 34.5. The van der Waals surface area contributed by atoms with Gasteiger partial charge in [0, 0.05) is 24.8 Å². The first-order valence-electron chi connectivity index (χ1n) is 21.8. The Kier molecular flexibility index (Phi) is 22.6. The van der Waals surface area contributed by atoms with E-state index in [2.05, 4.69) is 13.8 Å². The zero-order chi connectivity index (χ0) is 40.5. The third kappa shape index (κ3) is 16.9. The van der Waals surface area contributed by atoms with Gasteiger partial charge < -0.3 is 14.2 Å². The Bertz CT molecular complexity index is 1570. The van der Waals surface area contributed by atoms with Gasteiger partial charge in [-0.3, -0.25) is 23.7 Å². The topological polar surface area (TPSA) is 123 Å². The molecule has 0 amide bonds. The SMILES string of the molecule is CCCCCCCCCCCCCC(=O)OC[C@H]1O[C@@H](n2cc(F)c(=O)n(C(=O)c3ccc(C)cc3)c2=O)C[C@@H]1OC(=O)CCCCCCCCCCCCC. The average molecular weight is 785 g/mol. The van der Waals surface area contributed by atoms with Crippen molar-refractivity contribution in [3.8, 4) is 0 Å². The molecular weight excluding hydrogens is 715 g/mol. The van der Waals surface area contributed by atoms with Crippen molar-refractivity contribution in [3.05, 3.63) is 68.2 Å². The van der Waals surface area contributed by atoms with Crippen molar-refractivity contribution in [1.29, 1.82) is 0 Å². The fraction of sp³-hybridized carbons (Fsp3) is 0.711. The summed E-state index contributed by atoms with van der Waals surface area (Å²) in [5, 5.41) is 0. The monoisotopic (exact) mass is 785 g/mol. The summed E-state index contributed by atoms with van der Waals surface area (Å²) in [5.41, 5.74) is -1.57. The largest absolute Gasteiger partial charge is 0.463 e. The Morgan fingerprint density at radius 2 is 1.16 bits per heavy atom. The maximum absolute atomic E-state index is 15.0. The number of aryl methyl sites for hydroxylation is 1. The second-order valence-corrected chi connectivity index (χ2v) is 15.6. The summed E-state index contributed by atoms with van der Waals surface area (Å²) in [7, 11) is 0. The maximum atomic E-state index is 15.0. The van der Waals surface area contributed by atoms with Crippen LogP contribution >= 0.6 is 0 Å². The third-order valence-corrected chi connectivity index (χ3v) is 10.7. The molecule has 0 N–H and O–H groups in total. The van der Waals surface area contributed by atoms with Gasteiger partial charge in [-0.15, -0.1) is 0 Å². The van der Waals surface area contributed by atoms with E-state index in [4.69, 9.17) is 14.2 Å². The quantitative estimate of drug-likeness (QED) is 0.0590. The van der Waals surface area contributed by atoms with Gasteiger partial charge in [-0.1, -0.05) is 160 Å². The van der Waals surface area contributed by atoms with Crippen LogP contribution in [0.4, 0.5) is 4.39 Å². The van der Waals surface area contributed by atoms with Crippen LogP contribution < -0.4 is 11.2 Å². The van der Waals surface area contributed by atoms with Crippen LogP contribution in [0.15, 0.2) is 40.1 Å². The molecule has 0 aliphatic carbocycles. The molecular formula is C45H69FN2O8. The van der Waals surface area contributed by atoms with Gasteiger partial charge in [0.1, 0.15) is 25.0 Å². The molecule has 3 atom stereocenters. The number of hydrogen-bond acceptors (Lipinski definition) is 8. The Balaban J connectivity index is 1.57. The molecule has 10 nitrogen and oxygen atoms in total. The minimum atomic E-state index is -1.38. The molecule has 3 rings (SSSR count). The molecule has 1 saturated heterocycles. The van der Waals surface area contributed by atoms with E-state index in [1.807, 2.05) is 6.92 Å². The molecule has 0 spiro atoms. The molecule has 56 heavy (non-hydrogen) atoms. The van der Waals surface area contributed by atoms with Crippen molar-refractivity contribution in [1.82, 2.24) is 9.13 Å². The summed E-state index contributed by atoms with van der Waals surface area (Å²) in [6.45, 7) is 6.03. The van der Waals surface area contributed by atoms with Crippen LogP contribution in [-0.4, -0.2) is 45.8 Å². The van der Waals surface area contributed by atoms with Crippen LogP contribution in [0.2, 0.25) is 0 Å². The van der Waals surface area contributed by atoms with Crippen LogP contribution in [0.25, 0.3) is 0 Å². The number of nitrogens with zero attached hydrogens (tertiary/aromatic N) is 2. The number of carbonyl (C=O) groups is 3. The number of halogens is 1. The number of ether oxygens (including phenoxy) is 3. The average Bonchev–Trinajstić information content (AvgIpc) is 3.58. The molecule has 2 heterocycles. The van der Waals surface area contributed by atoms with Crippen molar-refractivity contribution in [2.45, 2.75) is 200 Å².